The molecule has 1 fully saturated rings. The number of anilines is 1. The van der Waals surface area contributed by atoms with Crippen LogP contribution >= 0.6 is 0 Å². The Labute approximate surface area is 129 Å². The first-order valence-electron chi connectivity index (χ1n) is 7.17. The molecule has 2 atom stereocenters. The van der Waals surface area contributed by atoms with Crippen molar-refractivity contribution < 1.29 is 9.59 Å². The number of para-hydroxylation sites is 1. The highest BCUT2D eigenvalue weighted by molar-refractivity contribution is 6.17. The number of rotatable bonds is 2. The van der Waals surface area contributed by atoms with E-state index in [1.54, 1.807) is 17.2 Å². The van der Waals surface area contributed by atoms with Crippen LogP contribution in [0.5, 0.6) is 0 Å². The summed E-state index contributed by atoms with van der Waals surface area (Å²) in [6, 6.07) is 8.98. The SMILES string of the molecule is CC1C(N=C2C=CC(=O)C=C2)C(=O)N(c2ccccc2)N1C. The summed E-state index contributed by atoms with van der Waals surface area (Å²) in [5.41, 5.74) is 1.47. The van der Waals surface area contributed by atoms with Crippen LogP contribution in [-0.4, -0.2) is 41.5 Å². The quantitative estimate of drug-likeness (QED) is 0.781. The molecule has 0 N–H and O–H groups in total. The smallest absolute Gasteiger partial charge is 0.268 e. The lowest BCUT2D eigenvalue weighted by atomic mass is 10.1. The Hall–Kier alpha value is -2.53. The lowest BCUT2D eigenvalue weighted by molar-refractivity contribution is -0.118. The van der Waals surface area contributed by atoms with Crippen LogP contribution in [0.1, 0.15) is 6.92 Å². The predicted octanol–water partition coefficient (Wildman–Crippen LogP) is 1.77. The van der Waals surface area contributed by atoms with Gasteiger partial charge in [0.15, 0.2) is 5.78 Å². The molecule has 2 unspecified atom stereocenters. The molecule has 2 aliphatic rings. The van der Waals surface area contributed by atoms with Crippen molar-refractivity contribution in [1.82, 2.24) is 5.01 Å². The highest BCUT2D eigenvalue weighted by atomic mass is 16.2. The lowest BCUT2D eigenvalue weighted by Gasteiger charge is -2.26. The first kappa shape index (κ1) is 14.4. The standard InChI is InChI=1S/C17H17N3O2/c1-12-16(18-13-8-10-15(21)11-9-13)17(22)20(19(12)2)14-6-4-3-5-7-14/h3-12,16H,1-2H3. The van der Waals surface area contributed by atoms with Gasteiger partial charge in [-0.05, 0) is 43.4 Å². The van der Waals surface area contributed by atoms with Crippen molar-refractivity contribution in [2.75, 3.05) is 12.1 Å². The van der Waals surface area contributed by atoms with E-state index in [4.69, 9.17) is 0 Å². The Morgan fingerprint density at radius 1 is 1.00 bits per heavy atom. The zero-order valence-corrected chi connectivity index (χ0v) is 12.5. The number of nitrogens with zero attached hydrogens (tertiary/aromatic N) is 3. The van der Waals surface area contributed by atoms with Crippen LogP contribution in [-0.2, 0) is 9.59 Å². The van der Waals surface area contributed by atoms with Gasteiger partial charge in [0.05, 0.1) is 17.4 Å². The zero-order chi connectivity index (χ0) is 15.7. The molecule has 1 aromatic rings. The van der Waals surface area contributed by atoms with Crippen LogP contribution in [0.4, 0.5) is 5.69 Å². The summed E-state index contributed by atoms with van der Waals surface area (Å²) < 4.78 is 0. The van der Waals surface area contributed by atoms with E-state index in [9.17, 15) is 9.59 Å². The third kappa shape index (κ3) is 2.51. The number of hydrogen-bond donors (Lipinski definition) is 0. The van der Waals surface area contributed by atoms with Gasteiger partial charge in [-0.1, -0.05) is 18.2 Å². The summed E-state index contributed by atoms with van der Waals surface area (Å²) in [4.78, 5) is 28.4. The molecule has 1 aromatic carbocycles. The van der Waals surface area contributed by atoms with E-state index in [1.165, 1.54) is 12.2 Å². The molecule has 0 aromatic heterocycles. The third-order valence-electron chi connectivity index (χ3n) is 3.95. The number of hydrazine groups is 1. The maximum absolute atomic E-state index is 12.7. The minimum absolute atomic E-state index is 0.0559. The number of carbonyl (C=O) groups is 2. The summed E-state index contributed by atoms with van der Waals surface area (Å²) in [5, 5.41) is 3.55. The molecule has 1 amide bonds. The number of amides is 1. The molecule has 1 heterocycles. The molecule has 112 valence electrons. The molecule has 3 rings (SSSR count). The monoisotopic (exact) mass is 295 g/mol. The van der Waals surface area contributed by atoms with E-state index in [-0.39, 0.29) is 17.7 Å². The highest BCUT2D eigenvalue weighted by Gasteiger charge is 2.43. The Balaban J connectivity index is 1.90. The van der Waals surface area contributed by atoms with E-state index in [0.29, 0.717) is 5.71 Å². The predicted molar refractivity (Wildman–Crippen MR) is 85.7 cm³/mol. The summed E-state index contributed by atoms with van der Waals surface area (Å²) in [6.07, 6.45) is 6.21. The van der Waals surface area contributed by atoms with Gasteiger partial charge in [0.25, 0.3) is 5.91 Å². The number of ketones is 1. The number of aliphatic imine (C=N–C) groups is 1. The van der Waals surface area contributed by atoms with Crippen molar-refractivity contribution in [1.29, 1.82) is 0 Å². The number of allylic oxidation sites excluding steroid dienone is 4. The van der Waals surface area contributed by atoms with Crippen molar-refractivity contribution in [2.45, 2.75) is 19.0 Å². The minimum Gasteiger partial charge on any atom is -0.290 e. The van der Waals surface area contributed by atoms with Crippen LogP contribution in [0.2, 0.25) is 0 Å². The van der Waals surface area contributed by atoms with Crippen LogP contribution in [0.25, 0.3) is 0 Å². The van der Waals surface area contributed by atoms with Crippen molar-refractivity contribution in [3.63, 3.8) is 0 Å². The van der Waals surface area contributed by atoms with E-state index >= 15 is 0 Å². The van der Waals surface area contributed by atoms with Crippen LogP contribution in [0.3, 0.4) is 0 Å². The van der Waals surface area contributed by atoms with Crippen molar-refractivity contribution in [2.24, 2.45) is 4.99 Å². The average Bonchev–Trinajstić information content (AvgIpc) is 2.74. The second kappa shape index (κ2) is 5.69. The molecule has 0 spiro atoms. The maximum Gasteiger partial charge on any atom is 0.268 e. The van der Waals surface area contributed by atoms with Gasteiger partial charge < -0.3 is 0 Å². The molecule has 0 radical (unpaired) electrons. The van der Waals surface area contributed by atoms with Crippen molar-refractivity contribution >= 4 is 23.1 Å². The van der Waals surface area contributed by atoms with E-state index in [2.05, 4.69) is 4.99 Å². The van der Waals surface area contributed by atoms with Gasteiger partial charge in [-0.15, -0.1) is 0 Å². The van der Waals surface area contributed by atoms with Gasteiger partial charge in [0, 0.05) is 7.05 Å². The summed E-state index contributed by atoms with van der Waals surface area (Å²) in [7, 11) is 1.88. The first-order chi connectivity index (χ1) is 10.6. The van der Waals surface area contributed by atoms with Gasteiger partial charge in [-0.25, -0.2) is 10.0 Å². The van der Waals surface area contributed by atoms with E-state index in [1.807, 2.05) is 49.3 Å². The van der Waals surface area contributed by atoms with Gasteiger partial charge in [-0.3, -0.25) is 14.6 Å². The largest absolute Gasteiger partial charge is 0.290 e. The van der Waals surface area contributed by atoms with Crippen LogP contribution in [0.15, 0.2) is 59.6 Å². The molecule has 5 nitrogen and oxygen atoms in total. The maximum atomic E-state index is 12.7. The second-order valence-electron chi connectivity index (χ2n) is 5.37. The molecular weight excluding hydrogens is 278 g/mol. The van der Waals surface area contributed by atoms with E-state index in [0.717, 1.165) is 5.69 Å². The molecule has 0 saturated carbocycles. The average molecular weight is 295 g/mol. The number of hydrogen-bond acceptors (Lipinski definition) is 4. The normalized spacial score (nSPS) is 25.2. The van der Waals surface area contributed by atoms with Gasteiger partial charge in [-0.2, -0.15) is 0 Å². The second-order valence-corrected chi connectivity index (χ2v) is 5.37. The first-order valence-corrected chi connectivity index (χ1v) is 7.17. The fourth-order valence-corrected chi connectivity index (χ4v) is 2.61. The Bertz CT molecular complexity index is 673. The summed E-state index contributed by atoms with van der Waals surface area (Å²) in [6.45, 7) is 1.97. The summed E-state index contributed by atoms with van der Waals surface area (Å²) >= 11 is 0. The zero-order valence-electron chi connectivity index (χ0n) is 12.5. The molecular formula is C17H17N3O2. The third-order valence-corrected chi connectivity index (χ3v) is 3.95. The Morgan fingerprint density at radius 3 is 2.27 bits per heavy atom. The number of benzene rings is 1. The van der Waals surface area contributed by atoms with Gasteiger partial charge in [0.1, 0.15) is 6.04 Å². The van der Waals surface area contributed by atoms with Crippen molar-refractivity contribution in [3.8, 4) is 0 Å². The molecule has 5 heteroatoms. The topological polar surface area (TPSA) is 53.0 Å². The van der Waals surface area contributed by atoms with Crippen LogP contribution in [0, 0.1) is 0 Å². The van der Waals surface area contributed by atoms with Crippen molar-refractivity contribution in [3.05, 3.63) is 54.6 Å². The molecule has 1 aliphatic heterocycles. The molecule has 22 heavy (non-hydrogen) atoms. The number of likely N-dealkylation sites (N-methyl/N-ethyl adjacent to an activating group) is 1. The Morgan fingerprint density at radius 2 is 1.64 bits per heavy atom. The van der Waals surface area contributed by atoms with Gasteiger partial charge in [0.2, 0.25) is 0 Å². The lowest BCUT2D eigenvalue weighted by Crippen LogP contribution is -2.38. The fourth-order valence-electron chi connectivity index (χ4n) is 2.61. The summed E-state index contributed by atoms with van der Waals surface area (Å²) in [5.74, 6) is -0.125. The number of carbonyl (C=O) groups excluding carboxylic acids is 2. The van der Waals surface area contributed by atoms with Gasteiger partial charge >= 0.3 is 0 Å². The minimum atomic E-state index is -0.484. The highest BCUT2D eigenvalue weighted by Crippen LogP contribution is 2.27. The molecule has 1 saturated heterocycles. The fraction of sp³-hybridized carbons (Fsp3) is 0.235. The molecule has 0 bridgehead atoms. The van der Waals surface area contributed by atoms with Crippen LogP contribution < -0.4 is 5.01 Å². The van der Waals surface area contributed by atoms with E-state index < -0.39 is 6.04 Å². The molecule has 1 aliphatic carbocycles. The Kier molecular flexibility index (Phi) is 3.73.